The average molecular weight is 772 g/mol. The molecule has 296 valence electrons. The lowest BCUT2D eigenvalue weighted by Crippen LogP contribution is -2.38. The summed E-state index contributed by atoms with van der Waals surface area (Å²) < 4.78 is 36.3. The van der Waals surface area contributed by atoms with Gasteiger partial charge in [-0.2, -0.15) is 4.98 Å². The number of nitrogens with zero attached hydrogens (tertiary/aromatic N) is 5. The Morgan fingerprint density at radius 2 is 1.69 bits per heavy atom. The first-order valence-corrected chi connectivity index (χ1v) is 20.3. The molecule has 0 spiro atoms. The monoisotopic (exact) mass is 771 g/mol. The minimum absolute atomic E-state index is 0.0383. The number of carboxylic acids is 1. The lowest BCUT2D eigenvalue weighted by atomic mass is 9.84. The van der Waals surface area contributed by atoms with Gasteiger partial charge in [-0.05, 0) is 78.7 Å². The molecule has 2 aromatic carbocycles. The number of anilines is 2. The van der Waals surface area contributed by atoms with Crippen LogP contribution in [0.4, 0.5) is 11.6 Å². The standard InChI is InChI=1S/C42H57N7O5S/c1-27-13-11-15-30(20-40(3,4)5)35(27)36-28(2)37(47-39(46-36)48-55(52,53)33-16-12-14-29(19-33)38(50)51)54-25-31(21-41(6,7)8)43-24-34-44-22-32(23-45-34)49-18-17-42(9,10)26-49/h11-16,19,22-23,31,43H,17-18,20-21,24-26H2,1-10H3,(H,50,51)(H,46,47,48)/t31-/m1/s1. The fourth-order valence-electron chi connectivity index (χ4n) is 6.97. The quantitative estimate of drug-likeness (QED) is 0.115. The SMILES string of the molecule is Cc1cccc(CC(C)(C)C)c1-c1nc(NS(=O)(=O)c2cccc(C(=O)O)c2)nc(OC[C@@H](CC(C)(C)C)NCc2ncc(N3CCC(C)(C)C3)cn2)c1C. The van der Waals surface area contributed by atoms with E-state index >= 15 is 0 Å². The summed E-state index contributed by atoms with van der Waals surface area (Å²) in [7, 11) is -4.28. The van der Waals surface area contributed by atoms with Crippen molar-refractivity contribution >= 4 is 27.6 Å². The maximum atomic E-state index is 13.7. The van der Waals surface area contributed by atoms with Crippen LogP contribution in [0.5, 0.6) is 5.88 Å². The summed E-state index contributed by atoms with van der Waals surface area (Å²) in [5.74, 6) is -0.504. The minimum Gasteiger partial charge on any atom is -0.478 e. The third-order valence-corrected chi connectivity index (χ3v) is 10.9. The van der Waals surface area contributed by atoms with Crippen LogP contribution in [-0.2, 0) is 23.0 Å². The van der Waals surface area contributed by atoms with Crippen LogP contribution >= 0.6 is 0 Å². The van der Waals surface area contributed by atoms with Gasteiger partial charge in [-0.3, -0.25) is 0 Å². The second-order valence-corrected chi connectivity index (χ2v) is 19.6. The van der Waals surface area contributed by atoms with Crippen molar-refractivity contribution in [3.05, 3.63) is 82.9 Å². The topological polar surface area (TPSA) is 160 Å². The first-order valence-electron chi connectivity index (χ1n) is 18.8. The summed E-state index contributed by atoms with van der Waals surface area (Å²) in [6.07, 6.45) is 6.44. The van der Waals surface area contributed by atoms with Gasteiger partial charge < -0.3 is 20.1 Å². The molecule has 3 N–H and O–H groups in total. The normalized spacial score (nSPS) is 15.2. The molecule has 0 bridgehead atoms. The molecule has 13 heteroatoms. The molecule has 1 saturated heterocycles. The van der Waals surface area contributed by atoms with Gasteiger partial charge in [-0.25, -0.2) is 32.9 Å². The zero-order valence-electron chi connectivity index (χ0n) is 33.9. The van der Waals surface area contributed by atoms with E-state index in [1.54, 1.807) is 0 Å². The number of hydrogen-bond acceptors (Lipinski definition) is 10. The molecule has 0 amide bonds. The number of aryl methyl sites for hydroxylation is 1. The Morgan fingerprint density at radius 1 is 1.00 bits per heavy atom. The zero-order chi connectivity index (χ0) is 40.3. The maximum absolute atomic E-state index is 13.7. The van der Waals surface area contributed by atoms with E-state index in [0.717, 1.165) is 60.8 Å². The van der Waals surface area contributed by atoms with Crippen molar-refractivity contribution in [3.8, 4) is 17.1 Å². The zero-order valence-corrected chi connectivity index (χ0v) is 34.8. The van der Waals surface area contributed by atoms with Crippen molar-refractivity contribution in [1.29, 1.82) is 0 Å². The molecule has 12 nitrogen and oxygen atoms in total. The molecule has 0 aliphatic carbocycles. The molecule has 0 saturated carbocycles. The number of rotatable bonds is 14. The highest BCUT2D eigenvalue weighted by atomic mass is 32.2. The Labute approximate surface area is 326 Å². The Hall–Kier alpha value is -4.62. The second-order valence-electron chi connectivity index (χ2n) is 18.0. The molecule has 1 aliphatic heterocycles. The number of benzene rings is 2. The molecule has 1 fully saturated rings. The van der Waals surface area contributed by atoms with E-state index < -0.39 is 16.0 Å². The van der Waals surface area contributed by atoms with Crippen molar-refractivity contribution in [1.82, 2.24) is 25.3 Å². The first-order chi connectivity index (χ1) is 25.6. The third-order valence-electron chi connectivity index (χ3n) is 9.60. The van der Waals surface area contributed by atoms with E-state index in [-0.39, 0.29) is 51.2 Å². The predicted octanol–water partition coefficient (Wildman–Crippen LogP) is 7.85. The number of aromatic nitrogens is 4. The van der Waals surface area contributed by atoms with Gasteiger partial charge in [0.2, 0.25) is 11.8 Å². The molecule has 2 aromatic heterocycles. The van der Waals surface area contributed by atoms with Gasteiger partial charge in [-0.1, -0.05) is 79.7 Å². The Kier molecular flexibility index (Phi) is 12.3. The van der Waals surface area contributed by atoms with Crippen LogP contribution in [0, 0.1) is 30.1 Å². The molecular formula is C42H57N7O5S. The molecule has 1 atom stereocenters. The minimum atomic E-state index is -4.28. The van der Waals surface area contributed by atoms with E-state index in [9.17, 15) is 18.3 Å². The van der Waals surface area contributed by atoms with Gasteiger partial charge in [0.05, 0.1) is 40.8 Å². The van der Waals surface area contributed by atoms with Crippen LogP contribution in [-0.4, -0.2) is 65.2 Å². The number of sulfonamides is 1. The molecule has 4 aromatic rings. The number of aromatic carboxylic acids is 1. The third kappa shape index (κ3) is 11.2. The number of nitrogens with one attached hydrogen (secondary N) is 2. The Balaban J connectivity index is 1.46. The fraction of sp³-hybridized carbons (Fsp3) is 0.500. The lowest BCUT2D eigenvalue weighted by Gasteiger charge is -2.27. The molecule has 3 heterocycles. The van der Waals surface area contributed by atoms with Crippen molar-refractivity contribution in [3.63, 3.8) is 0 Å². The summed E-state index contributed by atoms with van der Waals surface area (Å²) in [5.41, 5.74) is 5.21. The summed E-state index contributed by atoms with van der Waals surface area (Å²) in [4.78, 5) is 32.5. The maximum Gasteiger partial charge on any atom is 0.335 e. The van der Waals surface area contributed by atoms with Crippen LogP contribution in [0.25, 0.3) is 11.3 Å². The van der Waals surface area contributed by atoms with Crippen LogP contribution in [0.1, 0.15) is 101 Å². The van der Waals surface area contributed by atoms with Crippen molar-refractivity contribution in [2.45, 2.75) is 106 Å². The molecule has 55 heavy (non-hydrogen) atoms. The lowest BCUT2D eigenvalue weighted by molar-refractivity contribution is 0.0696. The van der Waals surface area contributed by atoms with E-state index in [1.165, 1.54) is 18.2 Å². The van der Waals surface area contributed by atoms with Crippen LogP contribution in [0.2, 0.25) is 0 Å². The number of carboxylic acid groups (broad SMARTS) is 1. The molecule has 1 aliphatic rings. The van der Waals surface area contributed by atoms with E-state index in [2.05, 4.69) is 91.3 Å². The highest BCUT2D eigenvalue weighted by Crippen LogP contribution is 2.37. The molecule has 0 unspecified atom stereocenters. The van der Waals surface area contributed by atoms with Gasteiger partial charge >= 0.3 is 5.97 Å². The number of carbonyl (C=O) groups is 1. The highest BCUT2D eigenvalue weighted by Gasteiger charge is 2.30. The van der Waals surface area contributed by atoms with Crippen molar-refractivity contribution < 1.29 is 23.1 Å². The van der Waals surface area contributed by atoms with Crippen LogP contribution < -0.4 is 19.7 Å². The Bertz CT molecular complexity index is 2110. The summed E-state index contributed by atoms with van der Waals surface area (Å²) in [5, 5.41) is 13.1. The summed E-state index contributed by atoms with van der Waals surface area (Å²) >= 11 is 0. The number of ether oxygens (including phenoxy) is 1. The largest absolute Gasteiger partial charge is 0.478 e. The number of hydrogen-bond donors (Lipinski definition) is 3. The predicted molar refractivity (Wildman–Crippen MR) is 217 cm³/mol. The van der Waals surface area contributed by atoms with Gasteiger partial charge in [0.25, 0.3) is 10.0 Å². The highest BCUT2D eigenvalue weighted by molar-refractivity contribution is 7.92. The average Bonchev–Trinajstić information content (AvgIpc) is 3.45. The van der Waals surface area contributed by atoms with Gasteiger partial charge in [0, 0.05) is 30.3 Å². The molecule has 5 rings (SSSR count). The smallest absolute Gasteiger partial charge is 0.335 e. The first kappa shape index (κ1) is 41.5. The van der Waals surface area contributed by atoms with Gasteiger partial charge in [0.15, 0.2) is 0 Å². The van der Waals surface area contributed by atoms with Crippen LogP contribution in [0.15, 0.2) is 59.8 Å². The summed E-state index contributed by atoms with van der Waals surface area (Å²) in [6, 6.07) is 11.1. The van der Waals surface area contributed by atoms with Gasteiger partial charge in [0.1, 0.15) is 12.4 Å². The van der Waals surface area contributed by atoms with Crippen molar-refractivity contribution in [2.75, 3.05) is 29.3 Å². The second kappa shape index (κ2) is 16.2. The van der Waals surface area contributed by atoms with E-state index in [0.29, 0.717) is 23.6 Å². The fourth-order valence-corrected chi connectivity index (χ4v) is 7.96. The van der Waals surface area contributed by atoms with Gasteiger partial charge in [-0.15, -0.1) is 0 Å². The Morgan fingerprint density at radius 3 is 2.31 bits per heavy atom. The molecular weight excluding hydrogens is 715 g/mol. The summed E-state index contributed by atoms with van der Waals surface area (Å²) in [6.45, 7) is 24.1. The van der Waals surface area contributed by atoms with Crippen molar-refractivity contribution in [2.24, 2.45) is 16.2 Å². The van der Waals surface area contributed by atoms with E-state index in [1.807, 2.05) is 38.4 Å². The molecule has 0 radical (unpaired) electrons. The van der Waals surface area contributed by atoms with Crippen LogP contribution in [0.3, 0.4) is 0 Å². The van der Waals surface area contributed by atoms with E-state index in [4.69, 9.17) is 9.72 Å².